The third kappa shape index (κ3) is 2.82. The van der Waals surface area contributed by atoms with Gasteiger partial charge in [0.25, 0.3) is 11.6 Å². The van der Waals surface area contributed by atoms with E-state index in [9.17, 15) is 10.1 Å². The van der Waals surface area contributed by atoms with E-state index >= 15 is 0 Å². The smallest absolute Gasteiger partial charge is 0.269 e. The van der Waals surface area contributed by atoms with Crippen molar-refractivity contribution in [2.75, 3.05) is 0 Å². The Morgan fingerprint density at radius 2 is 1.62 bits per heavy atom. The number of non-ortho nitro benzene ring substituents is 1. The molecular formula is C14H8BrN3O3. The average Bonchev–Trinajstić information content (AvgIpc) is 2.98. The topological polar surface area (TPSA) is 82.1 Å². The van der Waals surface area contributed by atoms with Crippen LogP contribution in [0.3, 0.4) is 0 Å². The van der Waals surface area contributed by atoms with Crippen LogP contribution in [0.15, 0.2) is 57.5 Å². The van der Waals surface area contributed by atoms with Crippen LogP contribution in [-0.2, 0) is 0 Å². The quantitative estimate of drug-likeness (QED) is 0.527. The molecule has 0 unspecified atom stereocenters. The number of benzene rings is 2. The Morgan fingerprint density at radius 1 is 1.00 bits per heavy atom. The molecule has 3 rings (SSSR count). The fourth-order valence-corrected chi connectivity index (χ4v) is 2.05. The Kier molecular flexibility index (Phi) is 3.49. The lowest BCUT2D eigenvalue weighted by molar-refractivity contribution is -0.384. The van der Waals surface area contributed by atoms with Gasteiger partial charge in [0.1, 0.15) is 0 Å². The zero-order valence-corrected chi connectivity index (χ0v) is 12.1. The standard InChI is InChI=1S/C14H8BrN3O3/c15-11-5-1-9(2-6-11)13-16-14(21-17-13)10-3-7-12(8-4-10)18(19)20/h1-8H. The van der Waals surface area contributed by atoms with Gasteiger partial charge in [-0.05, 0) is 36.4 Å². The maximum absolute atomic E-state index is 10.6. The molecule has 0 fully saturated rings. The highest BCUT2D eigenvalue weighted by Gasteiger charge is 2.12. The molecule has 6 nitrogen and oxygen atoms in total. The van der Waals surface area contributed by atoms with Gasteiger partial charge in [-0.25, -0.2) is 0 Å². The SMILES string of the molecule is O=[N+]([O-])c1ccc(-c2nc(-c3ccc(Br)cc3)no2)cc1. The molecule has 0 saturated carbocycles. The van der Waals surface area contributed by atoms with Gasteiger partial charge in [-0.15, -0.1) is 0 Å². The lowest BCUT2D eigenvalue weighted by Crippen LogP contribution is -1.87. The molecular weight excluding hydrogens is 338 g/mol. The van der Waals surface area contributed by atoms with Crippen molar-refractivity contribution in [1.29, 1.82) is 0 Å². The fourth-order valence-electron chi connectivity index (χ4n) is 1.78. The van der Waals surface area contributed by atoms with Gasteiger partial charge in [0.2, 0.25) is 5.82 Å². The van der Waals surface area contributed by atoms with Crippen molar-refractivity contribution in [2.24, 2.45) is 0 Å². The van der Waals surface area contributed by atoms with Crippen LogP contribution in [0, 0.1) is 10.1 Å². The van der Waals surface area contributed by atoms with Crippen molar-refractivity contribution in [3.63, 3.8) is 0 Å². The first kappa shape index (κ1) is 13.4. The summed E-state index contributed by atoms with van der Waals surface area (Å²) in [6.07, 6.45) is 0. The summed E-state index contributed by atoms with van der Waals surface area (Å²) in [5.74, 6) is 0.790. The van der Waals surface area contributed by atoms with Crippen LogP contribution in [0.5, 0.6) is 0 Å². The summed E-state index contributed by atoms with van der Waals surface area (Å²) >= 11 is 3.36. The molecule has 3 aromatic rings. The summed E-state index contributed by atoms with van der Waals surface area (Å²) in [6.45, 7) is 0. The highest BCUT2D eigenvalue weighted by atomic mass is 79.9. The Labute approximate surface area is 127 Å². The predicted octanol–water partition coefficient (Wildman–Crippen LogP) is 4.07. The van der Waals surface area contributed by atoms with Crippen molar-refractivity contribution in [3.8, 4) is 22.8 Å². The summed E-state index contributed by atoms with van der Waals surface area (Å²) in [5.41, 5.74) is 1.48. The predicted molar refractivity (Wildman–Crippen MR) is 79.5 cm³/mol. The summed E-state index contributed by atoms with van der Waals surface area (Å²) in [7, 11) is 0. The number of nitro benzene ring substituents is 1. The number of nitrogens with zero attached hydrogens (tertiary/aromatic N) is 3. The Morgan fingerprint density at radius 3 is 2.24 bits per heavy atom. The van der Waals surface area contributed by atoms with E-state index in [0.717, 1.165) is 10.0 Å². The highest BCUT2D eigenvalue weighted by molar-refractivity contribution is 9.10. The number of aromatic nitrogens is 2. The molecule has 1 aromatic heterocycles. The molecule has 7 heteroatoms. The van der Waals surface area contributed by atoms with Crippen molar-refractivity contribution in [3.05, 3.63) is 63.1 Å². The van der Waals surface area contributed by atoms with E-state index < -0.39 is 4.92 Å². The van der Waals surface area contributed by atoms with Gasteiger partial charge in [0.05, 0.1) is 4.92 Å². The molecule has 0 aliphatic heterocycles. The minimum atomic E-state index is -0.454. The van der Waals surface area contributed by atoms with E-state index in [1.54, 1.807) is 12.1 Å². The summed E-state index contributed by atoms with van der Waals surface area (Å²) in [6, 6.07) is 13.5. The molecule has 0 spiro atoms. The van der Waals surface area contributed by atoms with E-state index in [0.29, 0.717) is 17.3 Å². The van der Waals surface area contributed by atoms with Crippen molar-refractivity contribution >= 4 is 21.6 Å². The molecule has 0 saturated heterocycles. The van der Waals surface area contributed by atoms with E-state index in [1.807, 2.05) is 24.3 Å². The zero-order valence-electron chi connectivity index (χ0n) is 10.6. The number of nitro groups is 1. The van der Waals surface area contributed by atoms with Gasteiger partial charge in [0.15, 0.2) is 0 Å². The lowest BCUT2D eigenvalue weighted by atomic mass is 10.2. The number of hydrogen-bond acceptors (Lipinski definition) is 5. The van der Waals surface area contributed by atoms with E-state index in [-0.39, 0.29) is 5.69 Å². The summed E-state index contributed by atoms with van der Waals surface area (Å²) in [4.78, 5) is 14.5. The minimum Gasteiger partial charge on any atom is -0.334 e. The maximum atomic E-state index is 10.6. The zero-order chi connectivity index (χ0) is 14.8. The molecule has 0 aliphatic carbocycles. The third-order valence-electron chi connectivity index (χ3n) is 2.85. The van der Waals surface area contributed by atoms with E-state index in [1.165, 1.54) is 12.1 Å². The molecule has 0 atom stereocenters. The van der Waals surface area contributed by atoms with Crippen LogP contribution in [0.25, 0.3) is 22.8 Å². The first-order valence-corrected chi connectivity index (χ1v) is 6.77. The van der Waals surface area contributed by atoms with Crippen LogP contribution in [0.1, 0.15) is 0 Å². The molecule has 0 bridgehead atoms. The van der Waals surface area contributed by atoms with Crippen LogP contribution < -0.4 is 0 Å². The average molecular weight is 346 g/mol. The Hall–Kier alpha value is -2.54. The second-order valence-electron chi connectivity index (χ2n) is 4.23. The molecule has 104 valence electrons. The lowest BCUT2D eigenvalue weighted by Gasteiger charge is -1.94. The van der Waals surface area contributed by atoms with Gasteiger partial charge in [-0.1, -0.05) is 21.1 Å². The first-order chi connectivity index (χ1) is 10.1. The largest absolute Gasteiger partial charge is 0.334 e. The molecule has 21 heavy (non-hydrogen) atoms. The molecule has 1 heterocycles. The van der Waals surface area contributed by atoms with Crippen molar-refractivity contribution in [1.82, 2.24) is 10.1 Å². The van der Waals surface area contributed by atoms with E-state index in [2.05, 4.69) is 26.1 Å². The van der Waals surface area contributed by atoms with Gasteiger partial charge in [0, 0.05) is 27.7 Å². The molecule has 2 aromatic carbocycles. The monoisotopic (exact) mass is 345 g/mol. The van der Waals surface area contributed by atoms with Crippen molar-refractivity contribution in [2.45, 2.75) is 0 Å². The fraction of sp³-hybridized carbons (Fsp3) is 0. The van der Waals surface area contributed by atoms with Gasteiger partial charge < -0.3 is 4.52 Å². The molecule has 0 amide bonds. The van der Waals surface area contributed by atoms with Crippen LogP contribution >= 0.6 is 15.9 Å². The summed E-state index contributed by atoms with van der Waals surface area (Å²) < 4.78 is 6.16. The molecule has 0 N–H and O–H groups in total. The Balaban J connectivity index is 1.90. The number of hydrogen-bond donors (Lipinski definition) is 0. The van der Waals surface area contributed by atoms with Gasteiger partial charge >= 0.3 is 0 Å². The Bertz CT molecular complexity index is 782. The second-order valence-corrected chi connectivity index (χ2v) is 5.15. The maximum Gasteiger partial charge on any atom is 0.269 e. The van der Waals surface area contributed by atoms with Crippen molar-refractivity contribution < 1.29 is 9.45 Å². The summed E-state index contributed by atoms with van der Waals surface area (Å²) in [5, 5.41) is 14.5. The van der Waals surface area contributed by atoms with Gasteiger partial charge in [-0.2, -0.15) is 4.98 Å². The van der Waals surface area contributed by atoms with Gasteiger partial charge in [-0.3, -0.25) is 10.1 Å². The first-order valence-electron chi connectivity index (χ1n) is 5.98. The minimum absolute atomic E-state index is 0.0198. The molecule has 0 aliphatic rings. The van der Waals surface area contributed by atoms with E-state index in [4.69, 9.17) is 4.52 Å². The third-order valence-corrected chi connectivity index (χ3v) is 3.38. The van der Waals surface area contributed by atoms with Crippen LogP contribution in [0.2, 0.25) is 0 Å². The second kappa shape index (κ2) is 5.45. The normalized spacial score (nSPS) is 10.5. The number of halogens is 1. The van der Waals surface area contributed by atoms with Crippen LogP contribution in [-0.4, -0.2) is 15.1 Å². The molecule has 0 radical (unpaired) electrons. The van der Waals surface area contributed by atoms with Crippen LogP contribution in [0.4, 0.5) is 5.69 Å². The highest BCUT2D eigenvalue weighted by Crippen LogP contribution is 2.24. The number of rotatable bonds is 3.